The van der Waals surface area contributed by atoms with E-state index < -0.39 is 60.9 Å². The number of carbonyl (C=O) groups is 2. The maximum absolute atomic E-state index is 13.8. The van der Waals surface area contributed by atoms with Crippen molar-refractivity contribution >= 4 is 22.8 Å². The van der Waals surface area contributed by atoms with Crippen LogP contribution in [0.15, 0.2) is 30.5 Å². The van der Waals surface area contributed by atoms with Crippen molar-refractivity contribution in [1.82, 2.24) is 30.4 Å². The van der Waals surface area contributed by atoms with Crippen LogP contribution in [0.5, 0.6) is 0 Å². The van der Waals surface area contributed by atoms with E-state index in [2.05, 4.69) is 25.7 Å². The molecular weight excluding hydrogens is 542 g/mol. The molecule has 3 rings (SSSR count). The summed E-state index contributed by atoms with van der Waals surface area (Å²) in [7, 11) is 0. The van der Waals surface area contributed by atoms with Gasteiger partial charge in [0.2, 0.25) is 5.91 Å². The van der Waals surface area contributed by atoms with E-state index in [0.717, 1.165) is 13.8 Å². The summed E-state index contributed by atoms with van der Waals surface area (Å²) in [5.74, 6) is -1.30. The number of benzene rings is 1. The van der Waals surface area contributed by atoms with E-state index in [9.17, 15) is 35.9 Å². The Morgan fingerprint density at radius 1 is 1.02 bits per heavy atom. The number of imidazole rings is 1. The number of aromatic amines is 1. The summed E-state index contributed by atoms with van der Waals surface area (Å²) in [5, 5.41) is 9.27. The molecule has 3 aromatic rings. The zero-order valence-corrected chi connectivity index (χ0v) is 22.7. The van der Waals surface area contributed by atoms with Gasteiger partial charge >= 0.3 is 12.4 Å². The van der Waals surface area contributed by atoms with Gasteiger partial charge in [-0.2, -0.15) is 31.4 Å². The molecule has 2 aromatic heterocycles. The molecule has 2 heterocycles. The normalized spacial score (nSPS) is 14.4. The summed E-state index contributed by atoms with van der Waals surface area (Å²) in [5.41, 5.74) is -0.646. The maximum atomic E-state index is 13.8. The van der Waals surface area contributed by atoms with Gasteiger partial charge < -0.3 is 15.6 Å². The summed E-state index contributed by atoms with van der Waals surface area (Å²) < 4.78 is 80.1. The van der Waals surface area contributed by atoms with Crippen LogP contribution in [0.2, 0.25) is 0 Å². The molecule has 0 radical (unpaired) electrons. The van der Waals surface area contributed by atoms with Crippen LogP contribution in [0.1, 0.15) is 93.9 Å². The highest BCUT2D eigenvalue weighted by Crippen LogP contribution is 2.43. The zero-order valence-electron chi connectivity index (χ0n) is 22.7. The zero-order chi connectivity index (χ0) is 30.0. The van der Waals surface area contributed by atoms with Crippen LogP contribution in [-0.2, 0) is 4.79 Å². The summed E-state index contributed by atoms with van der Waals surface area (Å²) >= 11 is 0. The minimum Gasteiger partial charge on any atom is -0.350 e. The van der Waals surface area contributed by atoms with Gasteiger partial charge in [0.1, 0.15) is 11.5 Å². The SMILES string of the molecule is CC(C)n1nccc1C(=O)N[C@@H](CC(C)(C)C(F)(F)F)c1nc2ccc([C@H](C)NC(=O)CCC(F)(F)F)cc2[nH]1. The highest BCUT2D eigenvalue weighted by molar-refractivity contribution is 5.92. The number of amides is 2. The first-order valence-corrected chi connectivity index (χ1v) is 12.6. The molecule has 0 aliphatic heterocycles. The molecule has 1 aromatic carbocycles. The van der Waals surface area contributed by atoms with Crippen molar-refractivity contribution in [3.05, 3.63) is 47.5 Å². The molecule has 3 N–H and O–H groups in total. The third-order valence-corrected chi connectivity index (χ3v) is 6.55. The number of alkyl halides is 6. The summed E-state index contributed by atoms with van der Waals surface area (Å²) in [6.07, 6.45) is -10.1. The van der Waals surface area contributed by atoms with Crippen LogP contribution in [0, 0.1) is 5.41 Å². The van der Waals surface area contributed by atoms with E-state index >= 15 is 0 Å². The summed E-state index contributed by atoms with van der Waals surface area (Å²) in [4.78, 5) is 32.5. The molecule has 0 saturated heterocycles. The molecule has 0 aliphatic carbocycles. The minimum absolute atomic E-state index is 0.0929. The van der Waals surface area contributed by atoms with Gasteiger partial charge in [0, 0.05) is 18.7 Å². The highest BCUT2D eigenvalue weighted by atomic mass is 19.4. The number of rotatable bonds is 10. The van der Waals surface area contributed by atoms with Crippen LogP contribution in [0.25, 0.3) is 11.0 Å². The molecule has 220 valence electrons. The first-order valence-electron chi connectivity index (χ1n) is 12.6. The lowest BCUT2D eigenvalue weighted by Crippen LogP contribution is -2.39. The maximum Gasteiger partial charge on any atom is 0.394 e. The number of hydrogen-bond acceptors (Lipinski definition) is 4. The predicted molar refractivity (Wildman–Crippen MR) is 135 cm³/mol. The smallest absolute Gasteiger partial charge is 0.350 e. The van der Waals surface area contributed by atoms with Crippen molar-refractivity contribution in [3.63, 3.8) is 0 Å². The van der Waals surface area contributed by atoms with Crippen molar-refractivity contribution in [2.24, 2.45) is 5.41 Å². The number of carbonyl (C=O) groups excluding carboxylic acids is 2. The number of hydrogen-bond donors (Lipinski definition) is 3. The van der Waals surface area contributed by atoms with E-state index in [-0.39, 0.29) is 17.6 Å². The Labute approximate surface area is 226 Å². The molecule has 2 amide bonds. The molecule has 0 aliphatic rings. The Hall–Kier alpha value is -3.58. The first kappa shape index (κ1) is 31.0. The van der Waals surface area contributed by atoms with Gasteiger partial charge in [-0.15, -0.1) is 0 Å². The van der Waals surface area contributed by atoms with Crippen molar-refractivity contribution in [2.45, 2.75) is 84.4 Å². The van der Waals surface area contributed by atoms with Crippen LogP contribution in [-0.4, -0.2) is 43.9 Å². The standard InChI is InChI=1S/C26H32F6N6O2/c1-14(2)38-20(9-11-33-38)23(40)37-19(13-24(4,5)26(30,31)32)22-35-17-7-6-16(12-18(17)36-22)15(3)34-21(39)8-10-25(27,28)29/h6-7,9,11-12,14-15,19H,8,10,13H2,1-5H3,(H,34,39)(H,35,36)(H,37,40)/t15-,19-/m0/s1. The number of fused-ring (bicyclic) bond motifs is 1. The summed E-state index contributed by atoms with van der Waals surface area (Å²) in [6, 6.07) is 4.28. The number of aromatic nitrogens is 4. The topological polar surface area (TPSA) is 105 Å². The molecule has 0 saturated carbocycles. The molecule has 40 heavy (non-hydrogen) atoms. The molecule has 0 bridgehead atoms. The number of nitrogens with zero attached hydrogens (tertiary/aromatic N) is 3. The van der Waals surface area contributed by atoms with Gasteiger partial charge in [0.25, 0.3) is 5.91 Å². The molecule has 0 spiro atoms. The van der Waals surface area contributed by atoms with Gasteiger partial charge in [0.15, 0.2) is 0 Å². The Kier molecular flexibility index (Phi) is 8.90. The van der Waals surface area contributed by atoms with Gasteiger partial charge in [0.05, 0.1) is 35.0 Å². The Bertz CT molecular complexity index is 1340. The lowest BCUT2D eigenvalue weighted by atomic mass is 9.84. The van der Waals surface area contributed by atoms with E-state index in [1.54, 1.807) is 25.1 Å². The predicted octanol–water partition coefficient (Wildman–Crippen LogP) is 6.31. The molecule has 14 heteroatoms. The second-order valence-corrected chi connectivity index (χ2v) is 10.7. The van der Waals surface area contributed by atoms with E-state index in [1.807, 2.05) is 13.8 Å². The van der Waals surface area contributed by atoms with E-state index in [1.165, 1.54) is 16.9 Å². The Morgan fingerprint density at radius 3 is 2.30 bits per heavy atom. The van der Waals surface area contributed by atoms with Gasteiger partial charge in [-0.3, -0.25) is 14.3 Å². The van der Waals surface area contributed by atoms with Crippen molar-refractivity contribution in [2.75, 3.05) is 0 Å². The Morgan fingerprint density at radius 2 is 1.70 bits per heavy atom. The molecular formula is C26H32F6N6O2. The highest BCUT2D eigenvalue weighted by Gasteiger charge is 2.49. The number of nitrogens with one attached hydrogen (secondary N) is 3. The number of halogens is 6. The molecule has 0 unspecified atom stereocenters. The van der Waals surface area contributed by atoms with Crippen LogP contribution >= 0.6 is 0 Å². The molecule has 8 nitrogen and oxygen atoms in total. The van der Waals surface area contributed by atoms with Crippen LogP contribution < -0.4 is 10.6 Å². The van der Waals surface area contributed by atoms with Gasteiger partial charge in [-0.1, -0.05) is 19.9 Å². The second-order valence-electron chi connectivity index (χ2n) is 10.7. The second kappa shape index (κ2) is 11.5. The van der Waals surface area contributed by atoms with Crippen LogP contribution in [0.3, 0.4) is 0 Å². The lowest BCUT2D eigenvalue weighted by Gasteiger charge is -2.31. The average molecular weight is 575 g/mol. The van der Waals surface area contributed by atoms with Gasteiger partial charge in [-0.05, 0) is 51.0 Å². The minimum atomic E-state index is -4.56. The third-order valence-electron chi connectivity index (χ3n) is 6.55. The third kappa shape index (κ3) is 7.54. The van der Waals surface area contributed by atoms with E-state index in [0.29, 0.717) is 16.6 Å². The van der Waals surface area contributed by atoms with Crippen molar-refractivity contribution in [1.29, 1.82) is 0 Å². The van der Waals surface area contributed by atoms with E-state index in [4.69, 9.17) is 0 Å². The first-order chi connectivity index (χ1) is 18.4. The van der Waals surface area contributed by atoms with Crippen LogP contribution in [0.4, 0.5) is 26.3 Å². The van der Waals surface area contributed by atoms with Crippen molar-refractivity contribution < 1.29 is 35.9 Å². The monoisotopic (exact) mass is 574 g/mol. The summed E-state index contributed by atoms with van der Waals surface area (Å²) in [6.45, 7) is 7.29. The fraction of sp³-hybridized carbons (Fsp3) is 0.538. The molecule has 2 atom stereocenters. The Balaban J connectivity index is 1.89. The quantitative estimate of drug-likeness (QED) is 0.247. The number of H-pyrrole nitrogens is 1. The fourth-order valence-corrected chi connectivity index (χ4v) is 4.11. The van der Waals surface area contributed by atoms with Gasteiger partial charge in [-0.25, -0.2) is 4.98 Å². The molecule has 0 fully saturated rings. The largest absolute Gasteiger partial charge is 0.394 e. The average Bonchev–Trinajstić information content (AvgIpc) is 3.48. The fourth-order valence-electron chi connectivity index (χ4n) is 4.11. The van der Waals surface area contributed by atoms with Crippen molar-refractivity contribution in [3.8, 4) is 0 Å². The lowest BCUT2D eigenvalue weighted by molar-refractivity contribution is -0.215.